The van der Waals surface area contributed by atoms with Crippen LogP contribution in [-0.4, -0.2) is 64.1 Å². The van der Waals surface area contributed by atoms with Gasteiger partial charge in [-0.1, -0.05) is 0 Å². The number of hydrogen-bond acceptors (Lipinski definition) is 4. The molecule has 4 heteroatoms. The molecule has 0 aromatic heterocycles. The molecule has 0 aliphatic carbocycles. The van der Waals surface area contributed by atoms with Gasteiger partial charge in [0.15, 0.2) is 0 Å². The van der Waals surface area contributed by atoms with Crippen LogP contribution < -0.4 is 5.32 Å². The summed E-state index contributed by atoms with van der Waals surface area (Å²) in [6.45, 7) is 5.06. The lowest BCUT2D eigenvalue weighted by Gasteiger charge is -2.43. The first-order chi connectivity index (χ1) is 8.35. The van der Waals surface area contributed by atoms with E-state index in [1.165, 1.54) is 25.9 Å². The molecule has 0 amide bonds. The van der Waals surface area contributed by atoms with Crippen LogP contribution >= 0.6 is 0 Å². The summed E-state index contributed by atoms with van der Waals surface area (Å²) < 4.78 is 10.9. The monoisotopic (exact) mass is 242 g/mol. The minimum Gasteiger partial charge on any atom is -0.384 e. The molecule has 2 saturated heterocycles. The fourth-order valence-corrected chi connectivity index (χ4v) is 3.19. The van der Waals surface area contributed by atoms with Gasteiger partial charge in [0.1, 0.15) is 0 Å². The lowest BCUT2D eigenvalue weighted by Crippen LogP contribution is -2.57. The van der Waals surface area contributed by atoms with Crippen molar-refractivity contribution < 1.29 is 9.47 Å². The molecule has 3 atom stereocenters. The highest BCUT2D eigenvalue weighted by Gasteiger charge is 2.32. The Labute approximate surface area is 105 Å². The number of likely N-dealkylation sites (tertiary alicyclic amines) is 1. The van der Waals surface area contributed by atoms with Gasteiger partial charge >= 0.3 is 0 Å². The lowest BCUT2D eigenvalue weighted by molar-refractivity contribution is -0.0232. The number of ether oxygens (including phenoxy) is 2. The third-order valence-electron chi connectivity index (χ3n) is 4.12. The van der Waals surface area contributed by atoms with Crippen molar-refractivity contribution in [3.05, 3.63) is 0 Å². The Morgan fingerprint density at radius 3 is 3.06 bits per heavy atom. The first kappa shape index (κ1) is 13.3. The van der Waals surface area contributed by atoms with Gasteiger partial charge in [0.25, 0.3) is 0 Å². The van der Waals surface area contributed by atoms with E-state index in [1.54, 1.807) is 7.11 Å². The zero-order valence-corrected chi connectivity index (χ0v) is 11.2. The van der Waals surface area contributed by atoms with Gasteiger partial charge in [-0.25, -0.2) is 0 Å². The van der Waals surface area contributed by atoms with E-state index in [4.69, 9.17) is 9.47 Å². The van der Waals surface area contributed by atoms with Gasteiger partial charge in [-0.05, 0) is 38.8 Å². The highest BCUT2D eigenvalue weighted by molar-refractivity contribution is 4.89. The summed E-state index contributed by atoms with van der Waals surface area (Å²) in [5.74, 6) is 0.702. The van der Waals surface area contributed by atoms with Crippen LogP contribution in [0.4, 0.5) is 0 Å². The Morgan fingerprint density at radius 1 is 1.41 bits per heavy atom. The van der Waals surface area contributed by atoms with Crippen molar-refractivity contribution in [1.82, 2.24) is 10.2 Å². The Bertz CT molecular complexity index is 223. The number of hydrogen-bond donors (Lipinski definition) is 1. The number of likely N-dealkylation sites (N-methyl/N-ethyl adjacent to an activating group) is 1. The molecule has 0 aromatic rings. The number of rotatable bonds is 4. The predicted molar refractivity (Wildman–Crippen MR) is 68.2 cm³/mol. The highest BCUT2D eigenvalue weighted by atomic mass is 16.5. The van der Waals surface area contributed by atoms with Crippen LogP contribution in [0.2, 0.25) is 0 Å². The number of nitrogens with one attached hydrogen (secondary N) is 1. The summed E-state index contributed by atoms with van der Waals surface area (Å²) in [6, 6.07) is 1.14. The smallest absolute Gasteiger partial charge is 0.0637 e. The summed E-state index contributed by atoms with van der Waals surface area (Å²) in [6.07, 6.45) is 3.73. The zero-order chi connectivity index (χ0) is 12.1. The van der Waals surface area contributed by atoms with Gasteiger partial charge in [0.05, 0.1) is 13.2 Å². The van der Waals surface area contributed by atoms with Gasteiger partial charge in [0, 0.05) is 32.3 Å². The summed E-state index contributed by atoms with van der Waals surface area (Å²) in [5, 5.41) is 3.45. The van der Waals surface area contributed by atoms with Crippen molar-refractivity contribution in [2.75, 3.05) is 47.1 Å². The van der Waals surface area contributed by atoms with E-state index < -0.39 is 0 Å². The van der Waals surface area contributed by atoms with Gasteiger partial charge in [-0.3, -0.25) is 4.90 Å². The largest absolute Gasteiger partial charge is 0.384 e. The SMILES string of the molecule is CNC1CCOCC1N1CCCC(COC)C1. The Kier molecular flexibility index (Phi) is 5.22. The molecule has 3 unspecified atom stereocenters. The molecular weight excluding hydrogens is 216 g/mol. The molecule has 0 spiro atoms. The third kappa shape index (κ3) is 3.41. The molecule has 0 radical (unpaired) electrons. The maximum absolute atomic E-state index is 5.65. The molecule has 17 heavy (non-hydrogen) atoms. The highest BCUT2D eigenvalue weighted by Crippen LogP contribution is 2.22. The predicted octanol–water partition coefficient (Wildman–Crippen LogP) is 0.722. The number of nitrogens with zero attached hydrogens (tertiary/aromatic N) is 1. The first-order valence-electron chi connectivity index (χ1n) is 6.83. The molecule has 2 fully saturated rings. The van der Waals surface area contributed by atoms with E-state index in [0.29, 0.717) is 18.0 Å². The van der Waals surface area contributed by atoms with Gasteiger partial charge < -0.3 is 14.8 Å². The van der Waals surface area contributed by atoms with Gasteiger partial charge in [0.2, 0.25) is 0 Å². The third-order valence-corrected chi connectivity index (χ3v) is 4.12. The van der Waals surface area contributed by atoms with Crippen LogP contribution in [0.25, 0.3) is 0 Å². The summed E-state index contributed by atoms with van der Waals surface area (Å²) in [7, 11) is 3.87. The Balaban J connectivity index is 1.90. The van der Waals surface area contributed by atoms with Crippen LogP contribution in [0.15, 0.2) is 0 Å². The fourth-order valence-electron chi connectivity index (χ4n) is 3.19. The molecule has 0 bridgehead atoms. The van der Waals surface area contributed by atoms with Crippen molar-refractivity contribution >= 4 is 0 Å². The second-order valence-corrected chi connectivity index (χ2v) is 5.28. The zero-order valence-electron chi connectivity index (χ0n) is 11.2. The summed E-state index contributed by atoms with van der Waals surface area (Å²) >= 11 is 0. The number of methoxy groups -OCH3 is 1. The van der Waals surface area contributed by atoms with Gasteiger partial charge in [-0.2, -0.15) is 0 Å². The van der Waals surface area contributed by atoms with Crippen LogP contribution in [-0.2, 0) is 9.47 Å². The Hall–Kier alpha value is -0.160. The minimum absolute atomic E-state index is 0.549. The summed E-state index contributed by atoms with van der Waals surface area (Å²) in [5.41, 5.74) is 0. The van der Waals surface area contributed by atoms with Crippen LogP contribution in [0.5, 0.6) is 0 Å². The maximum atomic E-state index is 5.65. The molecule has 2 heterocycles. The summed E-state index contributed by atoms with van der Waals surface area (Å²) in [4.78, 5) is 2.60. The molecule has 1 N–H and O–H groups in total. The standard InChI is InChI=1S/C13H26N2O2/c1-14-12-5-7-17-10-13(12)15-6-3-4-11(8-15)9-16-2/h11-14H,3-10H2,1-2H3. The van der Waals surface area contributed by atoms with E-state index in [2.05, 4.69) is 17.3 Å². The van der Waals surface area contributed by atoms with Crippen LogP contribution in [0.3, 0.4) is 0 Å². The molecule has 0 saturated carbocycles. The van der Waals surface area contributed by atoms with E-state index in [0.717, 1.165) is 26.2 Å². The topological polar surface area (TPSA) is 33.7 Å². The van der Waals surface area contributed by atoms with E-state index in [-0.39, 0.29) is 0 Å². The van der Waals surface area contributed by atoms with E-state index >= 15 is 0 Å². The minimum atomic E-state index is 0.549. The maximum Gasteiger partial charge on any atom is 0.0637 e. The molecule has 2 aliphatic rings. The van der Waals surface area contributed by atoms with Crippen LogP contribution in [0.1, 0.15) is 19.3 Å². The van der Waals surface area contributed by atoms with Crippen molar-refractivity contribution in [3.8, 4) is 0 Å². The lowest BCUT2D eigenvalue weighted by atomic mass is 9.94. The Morgan fingerprint density at radius 2 is 2.29 bits per heavy atom. The average molecular weight is 242 g/mol. The molecular formula is C13H26N2O2. The second kappa shape index (κ2) is 6.69. The molecule has 2 rings (SSSR count). The fraction of sp³-hybridized carbons (Fsp3) is 1.00. The normalized spacial score (nSPS) is 36.0. The number of piperidine rings is 1. The quantitative estimate of drug-likeness (QED) is 0.788. The first-order valence-corrected chi connectivity index (χ1v) is 6.83. The van der Waals surface area contributed by atoms with E-state index in [9.17, 15) is 0 Å². The van der Waals surface area contributed by atoms with Crippen molar-refractivity contribution in [2.45, 2.75) is 31.3 Å². The van der Waals surface area contributed by atoms with E-state index in [1.807, 2.05) is 0 Å². The second-order valence-electron chi connectivity index (χ2n) is 5.28. The molecule has 100 valence electrons. The van der Waals surface area contributed by atoms with Crippen LogP contribution in [0, 0.1) is 5.92 Å². The van der Waals surface area contributed by atoms with Crippen molar-refractivity contribution in [3.63, 3.8) is 0 Å². The van der Waals surface area contributed by atoms with Crippen molar-refractivity contribution in [2.24, 2.45) is 5.92 Å². The molecule has 2 aliphatic heterocycles. The molecule has 0 aromatic carbocycles. The average Bonchev–Trinajstić information content (AvgIpc) is 2.39. The van der Waals surface area contributed by atoms with Gasteiger partial charge in [-0.15, -0.1) is 0 Å². The van der Waals surface area contributed by atoms with Crippen molar-refractivity contribution in [1.29, 1.82) is 0 Å². The molecule has 4 nitrogen and oxygen atoms in total.